The number of hydrogen-bond acceptors (Lipinski definition) is 4. The minimum Gasteiger partial charge on any atom is -0.490 e. The number of likely N-dealkylation sites (N-methyl/N-ethyl adjacent to an activating group) is 1. The Kier molecular flexibility index (Phi) is 10.4. The summed E-state index contributed by atoms with van der Waals surface area (Å²) in [6.45, 7) is 11.9. The van der Waals surface area contributed by atoms with E-state index in [4.69, 9.17) is 44.3 Å². The third kappa shape index (κ3) is 7.54. The van der Waals surface area contributed by atoms with E-state index < -0.39 is 0 Å². The van der Waals surface area contributed by atoms with E-state index in [2.05, 4.69) is 24.1 Å². The molecule has 0 aliphatic heterocycles. The predicted molar refractivity (Wildman–Crippen MR) is 123 cm³/mol. The molecule has 0 atom stereocenters. The van der Waals surface area contributed by atoms with Crippen molar-refractivity contribution in [1.29, 1.82) is 0 Å². The lowest BCUT2D eigenvalue weighted by Gasteiger charge is -2.19. The second-order valence-corrected chi connectivity index (χ2v) is 7.79. The molecular formula is C22H29Cl3N2O2. The fraction of sp³-hybridized carbons (Fsp3) is 0.455. The molecule has 0 saturated heterocycles. The van der Waals surface area contributed by atoms with Crippen LogP contribution in [0.1, 0.15) is 31.9 Å². The lowest BCUT2D eigenvalue weighted by Crippen LogP contribution is -2.31. The molecule has 29 heavy (non-hydrogen) atoms. The molecule has 0 amide bonds. The normalized spacial score (nSPS) is 11.1. The van der Waals surface area contributed by atoms with Gasteiger partial charge < -0.3 is 19.7 Å². The summed E-state index contributed by atoms with van der Waals surface area (Å²) in [6.07, 6.45) is 0. The highest BCUT2D eigenvalue weighted by Gasteiger charge is 2.12. The molecule has 0 saturated carbocycles. The topological polar surface area (TPSA) is 33.7 Å². The largest absolute Gasteiger partial charge is 0.490 e. The average molecular weight is 460 g/mol. The lowest BCUT2D eigenvalue weighted by atomic mass is 10.2. The van der Waals surface area contributed by atoms with Gasteiger partial charge in [0.05, 0.1) is 16.7 Å². The molecule has 2 aromatic carbocycles. The zero-order valence-electron chi connectivity index (χ0n) is 17.2. The smallest absolute Gasteiger partial charge is 0.163 e. The van der Waals surface area contributed by atoms with Crippen LogP contribution in [0.4, 0.5) is 0 Å². The number of ether oxygens (including phenoxy) is 2. The lowest BCUT2D eigenvalue weighted by molar-refractivity contribution is 0.269. The Morgan fingerprint density at radius 3 is 2.24 bits per heavy atom. The van der Waals surface area contributed by atoms with Crippen LogP contribution in [0.5, 0.6) is 11.5 Å². The minimum atomic E-state index is 0.342. The van der Waals surface area contributed by atoms with E-state index in [1.165, 1.54) is 0 Å². The Bertz CT molecular complexity index is 783. The average Bonchev–Trinajstić information content (AvgIpc) is 2.71. The molecule has 160 valence electrons. The van der Waals surface area contributed by atoms with Gasteiger partial charge in [-0.15, -0.1) is 0 Å². The summed E-state index contributed by atoms with van der Waals surface area (Å²) in [4.78, 5) is 2.38. The summed E-state index contributed by atoms with van der Waals surface area (Å²) in [7, 11) is 0. The first kappa shape index (κ1) is 24.1. The van der Waals surface area contributed by atoms with Crippen molar-refractivity contribution in [2.24, 2.45) is 0 Å². The molecule has 2 rings (SSSR count). The molecular weight excluding hydrogens is 431 g/mol. The van der Waals surface area contributed by atoms with E-state index in [-0.39, 0.29) is 0 Å². The molecule has 0 fully saturated rings. The molecule has 2 aromatic rings. The molecule has 0 aliphatic rings. The van der Waals surface area contributed by atoms with Crippen molar-refractivity contribution in [3.05, 3.63) is 56.5 Å². The van der Waals surface area contributed by atoms with Crippen LogP contribution in [0.2, 0.25) is 15.1 Å². The van der Waals surface area contributed by atoms with Crippen molar-refractivity contribution in [1.82, 2.24) is 10.2 Å². The van der Waals surface area contributed by atoms with E-state index in [1.54, 1.807) is 12.1 Å². The molecule has 7 heteroatoms. The van der Waals surface area contributed by atoms with Crippen LogP contribution in [0.25, 0.3) is 0 Å². The Morgan fingerprint density at radius 1 is 0.862 bits per heavy atom. The SMILES string of the molecule is CCOc1cc(CNCCN(CC)CC)c(Cl)cc1OCc1ccc(Cl)c(Cl)c1. The molecule has 0 bridgehead atoms. The van der Waals surface area contributed by atoms with Gasteiger partial charge in [-0.2, -0.15) is 0 Å². The number of rotatable bonds is 12. The zero-order chi connectivity index (χ0) is 21.2. The Hall–Kier alpha value is -1.17. The number of benzene rings is 2. The third-order valence-electron chi connectivity index (χ3n) is 4.61. The maximum absolute atomic E-state index is 6.50. The second kappa shape index (κ2) is 12.5. The number of nitrogens with zero attached hydrogens (tertiary/aromatic N) is 1. The third-order valence-corrected chi connectivity index (χ3v) is 5.70. The maximum Gasteiger partial charge on any atom is 0.163 e. The first-order valence-corrected chi connectivity index (χ1v) is 11.1. The van der Waals surface area contributed by atoms with Crippen LogP contribution in [-0.4, -0.2) is 37.7 Å². The summed E-state index contributed by atoms with van der Waals surface area (Å²) < 4.78 is 11.7. The fourth-order valence-electron chi connectivity index (χ4n) is 2.88. The maximum atomic E-state index is 6.50. The molecule has 1 N–H and O–H groups in total. The summed E-state index contributed by atoms with van der Waals surface area (Å²) in [5.74, 6) is 1.28. The summed E-state index contributed by atoms with van der Waals surface area (Å²) in [5.41, 5.74) is 1.90. The number of halogens is 3. The van der Waals surface area contributed by atoms with E-state index in [1.807, 2.05) is 25.1 Å². The van der Waals surface area contributed by atoms with Crippen molar-refractivity contribution in [2.75, 3.05) is 32.8 Å². The number of nitrogens with one attached hydrogen (secondary N) is 1. The minimum absolute atomic E-state index is 0.342. The van der Waals surface area contributed by atoms with Gasteiger partial charge in [0.25, 0.3) is 0 Å². The Labute approximate surface area is 189 Å². The van der Waals surface area contributed by atoms with Crippen LogP contribution < -0.4 is 14.8 Å². The molecule has 0 unspecified atom stereocenters. The monoisotopic (exact) mass is 458 g/mol. The van der Waals surface area contributed by atoms with Gasteiger partial charge in [-0.05, 0) is 49.3 Å². The Balaban J connectivity index is 2.03. The first-order chi connectivity index (χ1) is 14.0. The van der Waals surface area contributed by atoms with Crippen molar-refractivity contribution in [2.45, 2.75) is 33.9 Å². The van der Waals surface area contributed by atoms with E-state index in [0.717, 1.165) is 37.3 Å². The Morgan fingerprint density at radius 2 is 1.59 bits per heavy atom. The van der Waals surface area contributed by atoms with E-state index >= 15 is 0 Å². The fourth-order valence-corrected chi connectivity index (χ4v) is 3.43. The molecule has 0 aromatic heterocycles. The van der Waals surface area contributed by atoms with Gasteiger partial charge in [0.2, 0.25) is 0 Å². The van der Waals surface area contributed by atoms with Crippen LogP contribution in [0.3, 0.4) is 0 Å². The van der Waals surface area contributed by atoms with Crippen molar-refractivity contribution >= 4 is 34.8 Å². The molecule has 0 aliphatic carbocycles. The molecule has 0 radical (unpaired) electrons. The van der Waals surface area contributed by atoms with Crippen LogP contribution in [0.15, 0.2) is 30.3 Å². The van der Waals surface area contributed by atoms with E-state index in [9.17, 15) is 0 Å². The van der Waals surface area contributed by atoms with Gasteiger partial charge in [-0.25, -0.2) is 0 Å². The van der Waals surface area contributed by atoms with Gasteiger partial charge in [0, 0.05) is 30.7 Å². The molecule has 0 heterocycles. The highest BCUT2D eigenvalue weighted by molar-refractivity contribution is 6.42. The summed E-state index contributed by atoms with van der Waals surface area (Å²) in [5, 5.41) is 5.12. The van der Waals surface area contributed by atoms with Crippen LogP contribution >= 0.6 is 34.8 Å². The highest BCUT2D eigenvalue weighted by Crippen LogP contribution is 2.34. The van der Waals surface area contributed by atoms with Gasteiger partial charge in [-0.1, -0.05) is 54.7 Å². The van der Waals surface area contributed by atoms with Crippen molar-refractivity contribution in [3.8, 4) is 11.5 Å². The van der Waals surface area contributed by atoms with Gasteiger partial charge in [-0.3, -0.25) is 0 Å². The van der Waals surface area contributed by atoms with Crippen LogP contribution in [-0.2, 0) is 13.2 Å². The summed E-state index contributed by atoms with van der Waals surface area (Å²) >= 11 is 18.5. The number of hydrogen-bond donors (Lipinski definition) is 1. The van der Waals surface area contributed by atoms with Gasteiger partial charge >= 0.3 is 0 Å². The van der Waals surface area contributed by atoms with Crippen LogP contribution in [0, 0.1) is 0 Å². The first-order valence-electron chi connectivity index (χ1n) is 9.93. The second-order valence-electron chi connectivity index (χ2n) is 6.56. The standard InChI is InChI=1S/C22H29Cl3N2O2/c1-4-27(5-2)10-9-26-14-17-12-21(28-6-3)22(13-19(17)24)29-15-16-7-8-18(23)20(25)11-16/h7-8,11-13,26H,4-6,9-10,14-15H2,1-3H3. The predicted octanol–water partition coefficient (Wildman–Crippen LogP) is 6.06. The molecule has 4 nitrogen and oxygen atoms in total. The van der Waals surface area contributed by atoms with Crippen molar-refractivity contribution in [3.63, 3.8) is 0 Å². The molecule has 0 spiro atoms. The quantitative estimate of drug-likeness (QED) is 0.391. The van der Waals surface area contributed by atoms with Gasteiger partial charge in [0.15, 0.2) is 11.5 Å². The zero-order valence-corrected chi connectivity index (χ0v) is 19.5. The van der Waals surface area contributed by atoms with Gasteiger partial charge in [0.1, 0.15) is 6.61 Å². The summed E-state index contributed by atoms with van der Waals surface area (Å²) in [6, 6.07) is 9.18. The highest BCUT2D eigenvalue weighted by atomic mass is 35.5. The van der Waals surface area contributed by atoms with Crippen molar-refractivity contribution < 1.29 is 9.47 Å². The van der Waals surface area contributed by atoms with E-state index in [0.29, 0.717) is 46.3 Å².